The number of rotatable bonds is 3. The summed E-state index contributed by atoms with van der Waals surface area (Å²) in [7, 11) is 0. The van der Waals surface area contributed by atoms with Gasteiger partial charge in [0.15, 0.2) is 0 Å². The molecule has 0 bridgehead atoms. The maximum Gasteiger partial charge on any atom is 0.308 e. The molecule has 2 saturated carbocycles. The van der Waals surface area contributed by atoms with Crippen LogP contribution < -0.4 is 4.74 Å². The van der Waals surface area contributed by atoms with Crippen molar-refractivity contribution in [1.29, 1.82) is 0 Å². The van der Waals surface area contributed by atoms with Crippen LogP contribution in [-0.2, 0) is 11.2 Å². The standard InChI is InChI=1S/C21H26FN3O2/c1-13(26)27-15-4-6-16-14(11-15)3-5-18-17(16)7-9-20(2)19(18)8-10-21(20,22)12-24-25-23/h4,6,11,17-19H,3,5,7-10,12H2,1-2H3/t17-,18-,19+,20+,21+/m1/s1. The third kappa shape index (κ3) is 2.82. The molecule has 6 heteroatoms. The molecule has 1 aromatic rings. The van der Waals surface area contributed by atoms with E-state index >= 15 is 4.39 Å². The van der Waals surface area contributed by atoms with Crippen LogP contribution in [0.15, 0.2) is 23.3 Å². The van der Waals surface area contributed by atoms with Gasteiger partial charge >= 0.3 is 5.97 Å². The van der Waals surface area contributed by atoms with Gasteiger partial charge in [-0.25, -0.2) is 4.39 Å². The van der Waals surface area contributed by atoms with Gasteiger partial charge in [0.25, 0.3) is 0 Å². The third-order valence-corrected chi connectivity index (χ3v) is 7.61. The summed E-state index contributed by atoms with van der Waals surface area (Å²) < 4.78 is 21.0. The van der Waals surface area contributed by atoms with E-state index in [1.807, 2.05) is 12.1 Å². The lowest BCUT2D eigenvalue weighted by molar-refractivity contribution is -0.131. The van der Waals surface area contributed by atoms with Crippen LogP contribution in [0.2, 0.25) is 0 Å². The van der Waals surface area contributed by atoms with Gasteiger partial charge in [-0.05, 0) is 85.1 Å². The van der Waals surface area contributed by atoms with Crippen molar-refractivity contribution in [2.75, 3.05) is 6.54 Å². The average Bonchev–Trinajstić information content (AvgIpc) is 2.91. The molecule has 0 aromatic heterocycles. The predicted octanol–water partition coefficient (Wildman–Crippen LogP) is 5.49. The largest absolute Gasteiger partial charge is 0.427 e. The van der Waals surface area contributed by atoms with Crippen LogP contribution in [-0.4, -0.2) is 18.2 Å². The van der Waals surface area contributed by atoms with E-state index in [4.69, 9.17) is 10.3 Å². The van der Waals surface area contributed by atoms with Crippen molar-refractivity contribution >= 4 is 5.97 Å². The van der Waals surface area contributed by atoms with Gasteiger partial charge in [-0.2, -0.15) is 0 Å². The highest BCUT2D eigenvalue weighted by Gasteiger charge is 2.62. The van der Waals surface area contributed by atoms with Crippen LogP contribution in [0, 0.1) is 17.3 Å². The molecule has 0 N–H and O–H groups in total. The van der Waals surface area contributed by atoms with Crippen molar-refractivity contribution < 1.29 is 13.9 Å². The van der Waals surface area contributed by atoms with Gasteiger partial charge in [-0.15, -0.1) is 0 Å². The first kappa shape index (κ1) is 18.3. The van der Waals surface area contributed by atoms with Crippen LogP contribution in [0.25, 0.3) is 10.4 Å². The number of esters is 1. The van der Waals surface area contributed by atoms with Gasteiger partial charge < -0.3 is 4.74 Å². The van der Waals surface area contributed by atoms with Gasteiger partial charge in [-0.1, -0.05) is 18.1 Å². The Hall–Kier alpha value is -2.07. The Bertz CT molecular complexity index is 822. The SMILES string of the molecule is CC(=O)Oc1ccc2c(c1)CC[C@@H]1[C@@H]2CC[C@@]2(C)[C@H]1CC[C@]2(F)CN=[N+]=[N-]. The lowest BCUT2D eigenvalue weighted by atomic mass is 9.53. The summed E-state index contributed by atoms with van der Waals surface area (Å²) in [5.41, 5.74) is 9.47. The molecule has 3 aliphatic rings. The molecule has 144 valence electrons. The smallest absolute Gasteiger partial charge is 0.308 e. The van der Waals surface area contributed by atoms with Crippen LogP contribution in [0.4, 0.5) is 4.39 Å². The van der Waals surface area contributed by atoms with Crippen molar-refractivity contribution in [2.24, 2.45) is 22.4 Å². The number of benzene rings is 1. The first-order valence-corrected chi connectivity index (χ1v) is 9.89. The molecule has 0 saturated heterocycles. The fourth-order valence-corrected chi connectivity index (χ4v) is 6.27. The second-order valence-electron chi connectivity index (χ2n) is 8.72. The highest BCUT2D eigenvalue weighted by Crippen LogP contribution is 2.65. The molecule has 0 amide bonds. The van der Waals surface area contributed by atoms with Gasteiger partial charge in [-0.3, -0.25) is 4.79 Å². The summed E-state index contributed by atoms with van der Waals surface area (Å²) in [6.45, 7) is 3.44. The maximum atomic E-state index is 15.7. The molecule has 0 heterocycles. The highest BCUT2D eigenvalue weighted by molar-refractivity contribution is 5.69. The van der Waals surface area contributed by atoms with E-state index in [9.17, 15) is 4.79 Å². The van der Waals surface area contributed by atoms with Gasteiger partial charge in [0.1, 0.15) is 11.4 Å². The Kier molecular flexibility index (Phi) is 4.42. The summed E-state index contributed by atoms with van der Waals surface area (Å²) in [6.07, 6.45) is 5.12. The minimum atomic E-state index is -1.38. The van der Waals surface area contributed by atoms with Gasteiger partial charge in [0.2, 0.25) is 0 Å². The number of halogens is 1. The van der Waals surface area contributed by atoms with E-state index in [-0.39, 0.29) is 12.5 Å². The number of aryl methyl sites for hydroxylation is 1. The van der Waals surface area contributed by atoms with Crippen molar-refractivity contribution in [1.82, 2.24) is 0 Å². The first-order valence-electron chi connectivity index (χ1n) is 9.89. The molecule has 0 aliphatic heterocycles. The molecule has 4 rings (SSSR count). The van der Waals surface area contributed by atoms with E-state index in [0.29, 0.717) is 29.9 Å². The van der Waals surface area contributed by atoms with Crippen molar-refractivity contribution in [2.45, 2.75) is 64.0 Å². The van der Waals surface area contributed by atoms with E-state index in [2.05, 4.69) is 23.0 Å². The Morgan fingerprint density at radius 2 is 2.19 bits per heavy atom. The molecule has 0 unspecified atom stereocenters. The average molecular weight is 371 g/mol. The zero-order valence-electron chi connectivity index (χ0n) is 15.9. The summed E-state index contributed by atoms with van der Waals surface area (Å²) in [6, 6.07) is 5.98. The number of fused-ring (bicyclic) bond motifs is 5. The van der Waals surface area contributed by atoms with E-state index in [1.165, 1.54) is 18.1 Å². The van der Waals surface area contributed by atoms with Crippen molar-refractivity contribution in [3.05, 3.63) is 39.8 Å². The fraction of sp³-hybridized carbons (Fsp3) is 0.667. The number of azide groups is 1. The van der Waals surface area contributed by atoms with E-state index in [0.717, 1.165) is 32.1 Å². The second-order valence-corrected chi connectivity index (χ2v) is 8.72. The number of hydrogen-bond donors (Lipinski definition) is 0. The molecular weight excluding hydrogens is 345 g/mol. The van der Waals surface area contributed by atoms with Crippen molar-refractivity contribution in [3.63, 3.8) is 0 Å². The molecule has 0 spiro atoms. The monoisotopic (exact) mass is 371 g/mol. The Morgan fingerprint density at radius 3 is 2.93 bits per heavy atom. The summed E-state index contributed by atoms with van der Waals surface area (Å²) in [5.74, 6) is 1.55. The Labute approximate surface area is 158 Å². The molecular formula is C21H26FN3O2. The molecule has 27 heavy (non-hydrogen) atoms. The van der Waals surface area contributed by atoms with Gasteiger partial charge in [0, 0.05) is 17.3 Å². The summed E-state index contributed by atoms with van der Waals surface area (Å²) in [4.78, 5) is 14.0. The molecule has 5 nitrogen and oxygen atoms in total. The number of carbonyl (C=O) groups is 1. The summed E-state index contributed by atoms with van der Waals surface area (Å²) in [5, 5.41) is 3.60. The van der Waals surface area contributed by atoms with Crippen LogP contribution >= 0.6 is 0 Å². The highest BCUT2D eigenvalue weighted by atomic mass is 19.1. The predicted molar refractivity (Wildman–Crippen MR) is 100 cm³/mol. The number of alkyl halides is 1. The van der Waals surface area contributed by atoms with E-state index in [1.54, 1.807) is 0 Å². The second kappa shape index (κ2) is 6.52. The quantitative estimate of drug-likeness (QED) is 0.232. The summed E-state index contributed by atoms with van der Waals surface area (Å²) >= 11 is 0. The minimum absolute atomic E-state index is 0.0454. The number of nitrogens with zero attached hydrogens (tertiary/aromatic N) is 3. The number of carbonyl (C=O) groups excluding carboxylic acids is 1. The zero-order chi connectivity index (χ0) is 19.2. The molecule has 0 radical (unpaired) electrons. The maximum absolute atomic E-state index is 15.7. The molecule has 1 aromatic carbocycles. The Morgan fingerprint density at radius 1 is 1.37 bits per heavy atom. The van der Waals surface area contributed by atoms with E-state index < -0.39 is 11.1 Å². The topological polar surface area (TPSA) is 75.1 Å². The first-order chi connectivity index (χ1) is 12.9. The van der Waals surface area contributed by atoms with Crippen LogP contribution in [0.1, 0.15) is 63.0 Å². The third-order valence-electron chi connectivity index (χ3n) is 7.61. The zero-order valence-corrected chi connectivity index (χ0v) is 15.9. The van der Waals surface area contributed by atoms with Gasteiger partial charge in [0.05, 0.1) is 6.54 Å². The molecule has 2 fully saturated rings. The molecule has 3 aliphatic carbocycles. The number of hydrogen-bond acceptors (Lipinski definition) is 3. The lowest BCUT2D eigenvalue weighted by Crippen LogP contribution is -2.50. The van der Waals surface area contributed by atoms with Crippen molar-refractivity contribution in [3.8, 4) is 5.75 Å². The fourth-order valence-electron chi connectivity index (χ4n) is 6.27. The van der Waals surface area contributed by atoms with Crippen LogP contribution in [0.3, 0.4) is 0 Å². The normalized spacial score (nSPS) is 36.8. The minimum Gasteiger partial charge on any atom is -0.427 e. The Balaban J connectivity index is 1.61. The number of ether oxygens (including phenoxy) is 1. The lowest BCUT2D eigenvalue weighted by Gasteiger charge is -2.52. The van der Waals surface area contributed by atoms with Crippen LogP contribution in [0.5, 0.6) is 5.75 Å². The molecule has 5 atom stereocenters.